The van der Waals surface area contributed by atoms with Crippen LogP contribution in [0.25, 0.3) is 0 Å². The second-order valence-corrected chi connectivity index (χ2v) is 7.20. The molecule has 0 bridgehead atoms. The Labute approximate surface area is 161 Å². The van der Waals surface area contributed by atoms with Gasteiger partial charge in [0.25, 0.3) is 0 Å². The van der Waals surface area contributed by atoms with Gasteiger partial charge in [0.1, 0.15) is 5.75 Å². The zero-order chi connectivity index (χ0) is 19.4. The fourth-order valence-corrected chi connectivity index (χ4v) is 3.54. The first-order valence-corrected chi connectivity index (χ1v) is 9.39. The van der Waals surface area contributed by atoms with E-state index in [1.54, 1.807) is 7.11 Å². The van der Waals surface area contributed by atoms with Crippen molar-refractivity contribution >= 4 is 11.5 Å². The smallest absolute Gasteiger partial charge is 0.186 e. The molecule has 3 rings (SSSR count). The van der Waals surface area contributed by atoms with Crippen LogP contribution in [0.15, 0.2) is 48.5 Å². The molecule has 2 aromatic rings. The Kier molecular flexibility index (Phi) is 6.14. The topological polar surface area (TPSA) is 53.0 Å². The second kappa shape index (κ2) is 8.55. The summed E-state index contributed by atoms with van der Waals surface area (Å²) >= 11 is 0. The average Bonchev–Trinajstić information content (AvgIpc) is 2.73. The third kappa shape index (κ3) is 4.49. The van der Waals surface area contributed by atoms with Crippen LogP contribution >= 0.6 is 0 Å². The lowest BCUT2D eigenvalue weighted by atomic mass is 9.88. The van der Waals surface area contributed by atoms with Crippen LogP contribution in [0.5, 0.6) is 5.75 Å². The van der Waals surface area contributed by atoms with E-state index in [-0.39, 0.29) is 11.7 Å². The lowest BCUT2D eigenvalue weighted by molar-refractivity contribution is -0.0136. The number of aliphatic hydroxyl groups excluding tert-OH is 1. The predicted octanol–water partition coefficient (Wildman–Crippen LogP) is 3.31. The number of hydrogen-bond donors (Lipinski definition) is 1. The maximum atomic E-state index is 12.7. The molecular formula is C22H28N2O3. The molecule has 2 aromatic carbocycles. The van der Waals surface area contributed by atoms with E-state index in [0.717, 1.165) is 35.4 Å². The maximum absolute atomic E-state index is 12.7. The highest BCUT2D eigenvalue weighted by Crippen LogP contribution is 2.25. The number of carbonyl (C=O) groups is 1. The molecule has 1 fully saturated rings. The number of aryl methyl sites for hydroxylation is 1. The van der Waals surface area contributed by atoms with Crippen LogP contribution < -0.4 is 9.64 Å². The minimum atomic E-state index is -0.714. The predicted molar refractivity (Wildman–Crippen MR) is 107 cm³/mol. The highest BCUT2D eigenvalue weighted by molar-refractivity contribution is 5.97. The third-order valence-electron chi connectivity index (χ3n) is 5.39. The average molecular weight is 368 g/mol. The molecular weight excluding hydrogens is 340 g/mol. The van der Waals surface area contributed by atoms with E-state index >= 15 is 0 Å². The SMILES string of the molecule is COc1ccc(N(C)C(O)N2CCC(C(=O)c3ccc(C)cc3)CC2)cc1. The number of Topliss-reactive ketones (excluding diaryl/α,β-unsaturated/α-hetero) is 1. The monoisotopic (exact) mass is 368 g/mol. The van der Waals surface area contributed by atoms with E-state index < -0.39 is 6.35 Å². The molecule has 0 amide bonds. The van der Waals surface area contributed by atoms with Crippen LogP contribution in [0.3, 0.4) is 0 Å². The number of hydrogen-bond acceptors (Lipinski definition) is 5. The summed E-state index contributed by atoms with van der Waals surface area (Å²) < 4.78 is 5.18. The summed E-state index contributed by atoms with van der Waals surface area (Å²) in [6.45, 7) is 3.42. The quantitative estimate of drug-likeness (QED) is 0.626. The Morgan fingerprint density at radius 3 is 2.26 bits per heavy atom. The van der Waals surface area contributed by atoms with E-state index in [9.17, 15) is 9.90 Å². The number of aliphatic hydroxyl groups is 1. The molecule has 1 N–H and O–H groups in total. The zero-order valence-corrected chi connectivity index (χ0v) is 16.3. The summed E-state index contributed by atoms with van der Waals surface area (Å²) in [5.74, 6) is 1.03. The summed E-state index contributed by atoms with van der Waals surface area (Å²) in [7, 11) is 3.51. The fraction of sp³-hybridized carbons (Fsp3) is 0.409. The molecule has 1 saturated heterocycles. The van der Waals surface area contributed by atoms with Crippen LogP contribution in [-0.4, -0.2) is 49.4 Å². The number of likely N-dealkylation sites (tertiary alicyclic amines) is 1. The first-order chi connectivity index (χ1) is 13.0. The Hall–Kier alpha value is -2.37. The van der Waals surface area contributed by atoms with Gasteiger partial charge in [0.2, 0.25) is 0 Å². The Bertz CT molecular complexity index is 750. The summed E-state index contributed by atoms with van der Waals surface area (Å²) in [5.41, 5.74) is 2.86. The molecule has 1 aliphatic heterocycles. The van der Waals surface area contributed by atoms with Gasteiger partial charge in [-0.15, -0.1) is 0 Å². The van der Waals surface area contributed by atoms with Gasteiger partial charge in [-0.25, -0.2) is 0 Å². The number of methoxy groups -OCH3 is 1. The van der Waals surface area contributed by atoms with Gasteiger partial charge < -0.3 is 14.7 Å². The van der Waals surface area contributed by atoms with Gasteiger partial charge in [0.05, 0.1) is 7.11 Å². The number of ketones is 1. The lowest BCUT2D eigenvalue weighted by Crippen LogP contribution is -2.50. The molecule has 0 radical (unpaired) electrons. The van der Waals surface area contributed by atoms with E-state index in [1.165, 1.54) is 0 Å². The maximum Gasteiger partial charge on any atom is 0.186 e. The summed E-state index contributed by atoms with van der Waals surface area (Å²) in [6.07, 6.45) is 0.814. The number of carbonyl (C=O) groups excluding carboxylic acids is 1. The molecule has 1 unspecified atom stereocenters. The number of ether oxygens (including phenoxy) is 1. The number of anilines is 1. The van der Waals surface area contributed by atoms with Crippen LogP contribution in [-0.2, 0) is 0 Å². The highest BCUT2D eigenvalue weighted by atomic mass is 16.5. The molecule has 144 valence electrons. The van der Waals surface area contributed by atoms with Gasteiger partial charge in [0, 0.05) is 37.3 Å². The third-order valence-corrected chi connectivity index (χ3v) is 5.39. The molecule has 27 heavy (non-hydrogen) atoms. The molecule has 0 spiro atoms. The summed E-state index contributed by atoms with van der Waals surface area (Å²) in [4.78, 5) is 16.6. The van der Waals surface area contributed by atoms with Crippen molar-refractivity contribution in [1.29, 1.82) is 0 Å². The van der Waals surface area contributed by atoms with E-state index in [4.69, 9.17) is 4.74 Å². The Balaban J connectivity index is 1.57. The Morgan fingerprint density at radius 1 is 1.11 bits per heavy atom. The number of piperidine rings is 1. The molecule has 0 aliphatic carbocycles. The molecule has 1 atom stereocenters. The van der Waals surface area contributed by atoms with E-state index in [0.29, 0.717) is 13.1 Å². The standard InChI is InChI=1S/C22H28N2O3/c1-16-4-6-17(7-5-16)21(25)18-12-14-24(15-13-18)22(26)23(2)19-8-10-20(27-3)11-9-19/h4-11,18,22,26H,12-15H2,1-3H3. The van der Waals surface area contributed by atoms with Gasteiger partial charge in [-0.1, -0.05) is 29.8 Å². The molecule has 0 aromatic heterocycles. The van der Waals surface area contributed by atoms with Gasteiger partial charge in [-0.2, -0.15) is 0 Å². The lowest BCUT2D eigenvalue weighted by Gasteiger charge is -2.39. The number of rotatable bonds is 6. The van der Waals surface area contributed by atoms with Gasteiger partial charge in [0.15, 0.2) is 12.1 Å². The number of benzene rings is 2. The fourth-order valence-electron chi connectivity index (χ4n) is 3.54. The van der Waals surface area contributed by atoms with Gasteiger partial charge >= 0.3 is 0 Å². The van der Waals surface area contributed by atoms with E-state index in [2.05, 4.69) is 0 Å². The molecule has 0 saturated carbocycles. The van der Waals surface area contributed by atoms with Crippen molar-refractivity contribution in [1.82, 2.24) is 4.90 Å². The van der Waals surface area contributed by atoms with Crippen molar-refractivity contribution in [3.63, 3.8) is 0 Å². The molecule has 5 nitrogen and oxygen atoms in total. The van der Waals surface area contributed by atoms with Crippen LogP contribution in [0.1, 0.15) is 28.8 Å². The number of nitrogens with zero attached hydrogens (tertiary/aromatic N) is 2. The molecule has 5 heteroatoms. The molecule has 1 heterocycles. The normalized spacial score (nSPS) is 16.7. The summed E-state index contributed by atoms with van der Waals surface area (Å²) in [6, 6.07) is 15.4. The molecule has 1 aliphatic rings. The second-order valence-electron chi connectivity index (χ2n) is 7.20. The Morgan fingerprint density at radius 2 is 1.70 bits per heavy atom. The van der Waals surface area contributed by atoms with Gasteiger partial charge in [-0.05, 0) is 44.0 Å². The van der Waals surface area contributed by atoms with Crippen molar-refractivity contribution in [3.8, 4) is 5.75 Å². The highest BCUT2D eigenvalue weighted by Gasteiger charge is 2.30. The largest absolute Gasteiger partial charge is 0.497 e. The minimum absolute atomic E-state index is 0.0300. The van der Waals surface area contributed by atoms with E-state index in [1.807, 2.05) is 72.3 Å². The van der Waals surface area contributed by atoms with Gasteiger partial charge in [-0.3, -0.25) is 9.69 Å². The minimum Gasteiger partial charge on any atom is -0.497 e. The van der Waals surface area contributed by atoms with Crippen molar-refractivity contribution in [2.45, 2.75) is 26.1 Å². The van der Waals surface area contributed by atoms with Crippen molar-refractivity contribution in [3.05, 3.63) is 59.7 Å². The van der Waals surface area contributed by atoms with Crippen molar-refractivity contribution in [2.24, 2.45) is 5.92 Å². The first-order valence-electron chi connectivity index (χ1n) is 9.39. The van der Waals surface area contributed by atoms with Crippen molar-refractivity contribution < 1.29 is 14.6 Å². The van der Waals surface area contributed by atoms with Crippen molar-refractivity contribution in [2.75, 3.05) is 32.1 Å². The summed E-state index contributed by atoms with van der Waals surface area (Å²) in [5, 5.41) is 10.7. The zero-order valence-electron chi connectivity index (χ0n) is 16.3. The first kappa shape index (κ1) is 19.4. The van der Waals surface area contributed by atoms with Crippen LogP contribution in [0.2, 0.25) is 0 Å². The van der Waals surface area contributed by atoms with Crippen LogP contribution in [0, 0.1) is 12.8 Å². The van der Waals surface area contributed by atoms with Crippen LogP contribution in [0.4, 0.5) is 5.69 Å².